The lowest BCUT2D eigenvalue weighted by Crippen LogP contribution is -2.04. The highest BCUT2D eigenvalue weighted by Gasteiger charge is 2.04. The Morgan fingerprint density at radius 1 is 1.29 bits per heavy atom. The van der Waals surface area contributed by atoms with E-state index in [2.05, 4.69) is 4.18 Å². The summed E-state index contributed by atoms with van der Waals surface area (Å²) >= 11 is 0. The lowest BCUT2D eigenvalue weighted by atomic mass is 10.1. The number of rotatable bonds is 6. The van der Waals surface area contributed by atoms with Crippen LogP contribution in [-0.2, 0) is 20.7 Å². The van der Waals surface area contributed by atoms with Crippen molar-refractivity contribution >= 4 is 15.8 Å². The smallest absolute Gasteiger partial charge is 0.269 e. The minimum Gasteiger partial charge on any atom is -0.270 e. The Balaban J connectivity index is 2.40. The summed E-state index contributed by atoms with van der Waals surface area (Å²) in [6.45, 7) is 0.121. The first-order valence-corrected chi connectivity index (χ1v) is 6.78. The van der Waals surface area contributed by atoms with Gasteiger partial charge in [-0.1, -0.05) is 12.1 Å². The number of nitro benzene ring substituents is 1. The summed E-state index contributed by atoms with van der Waals surface area (Å²) in [6.07, 6.45) is 2.16. The lowest BCUT2D eigenvalue weighted by molar-refractivity contribution is -0.384. The van der Waals surface area contributed by atoms with Crippen molar-refractivity contribution in [3.8, 4) is 0 Å². The summed E-state index contributed by atoms with van der Waals surface area (Å²) in [6, 6.07) is 6.15. The lowest BCUT2D eigenvalue weighted by Gasteiger charge is -2.01. The molecule has 7 heteroatoms. The van der Waals surface area contributed by atoms with Gasteiger partial charge in [0.05, 0.1) is 17.8 Å². The molecule has 0 aromatic heterocycles. The molecule has 1 aromatic rings. The van der Waals surface area contributed by atoms with Gasteiger partial charge < -0.3 is 0 Å². The fraction of sp³-hybridized carbons (Fsp3) is 0.400. The highest BCUT2D eigenvalue weighted by molar-refractivity contribution is 7.85. The fourth-order valence-corrected chi connectivity index (χ4v) is 1.69. The van der Waals surface area contributed by atoms with Crippen LogP contribution in [0.25, 0.3) is 0 Å². The molecule has 0 saturated carbocycles. The van der Waals surface area contributed by atoms with Crippen molar-refractivity contribution in [2.45, 2.75) is 12.8 Å². The topological polar surface area (TPSA) is 86.5 Å². The van der Waals surface area contributed by atoms with Gasteiger partial charge in [0, 0.05) is 12.1 Å². The van der Waals surface area contributed by atoms with Crippen molar-refractivity contribution in [1.29, 1.82) is 0 Å². The Bertz CT molecular complexity index is 480. The molecular formula is C10H13NO5S. The van der Waals surface area contributed by atoms with Gasteiger partial charge >= 0.3 is 0 Å². The first kappa shape index (κ1) is 13.6. The van der Waals surface area contributed by atoms with E-state index in [4.69, 9.17) is 0 Å². The van der Waals surface area contributed by atoms with E-state index in [9.17, 15) is 18.5 Å². The predicted molar refractivity (Wildman–Crippen MR) is 62.2 cm³/mol. The quantitative estimate of drug-likeness (QED) is 0.334. The molecule has 1 aromatic carbocycles. The Labute approximate surface area is 99.5 Å². The van der Waals surface area contributed by atoms with E-state index in [1.54, 1.807) is 12.1 Å². The first-order chi connectivity index (χ1) is 7.88. The number of hydrogen-bond acceptors (Lipinski definition) is 5. The van der Waals surface area contributed by atoms with Crippen LogP contribution in [0.2, 0.25) is 0 Å². The van der Waals surface area contributed by atoms with Crippen LogP contribution in [0, 0.1) is 10.1 Å². The van der Waals surface area contributed by atoms with Crippen LogP contribution >= 0.6 is 0 Å². The summed E-state index contributed by atoms with van der Waals surface area (Å²) in [5, 5.41) is 10.4. The Hall–Kier alpha value is -1.47. The van der Waals surface area contributed by atoms with Crippen molar-refractivity contribution in [3.05, 3.63) is 39.9 Å². The van der Waals surface area contributed by atoms with Gasteiger partial charge in [-0.2, -0.15) is 8.42 Å². The van der Waals surface area contributed by atoms with Crippen LogP contribution in [0.3, 0.4) is 0 Å². The molecule has 6 nitrogen and oxygen atoms in total. The second kappa shape index (κ2) is 5.74. The number of nitro groups is 1. The molecule has 94 valence electrons. The van der Waals surface area contributed by atoms with Crippen molar-refractivity contribution in [2.75, 3.05) is 12.9 Å². The number of benzene rings is 1. The molecule has 0 aliphatic carbocycles. The summed E-state index contributed by atoms with van der Waals surface area (Å²) in [7, 11) is -3.39. The van der Waals surface area contributed by atoms with Gasteiger partial charge in [-0.15, -0.1) is 0 Å². The molecular weight excluding hydrogens is 246 g/mol. The molecule has 0 spiro atoms. The third kappa shape index (κ3) is 5.41. The highest BCUT2D eigenvalue weighted by Crippen LogP contribution is 2.13. The Morgan fingerprint density at radius 2 is 1.88 bits per heavy atom. The monoisotopic (exact) mass is 259 g/mol. The number of nitrogens with zero attached hydrogens (tertiary/aromatic N) is 1. The molecule has 0 aliphatic heterocycles. The normalized spacial score (nSPS) is 11.4. The molecule has 0 saturated heterocycles. The molecule has 0 fully saturated rings. The van der Waals surface area contributed by atoms with Crippen LogP contribution in [0.5, 0.6) is 0 Å². The summed E-state index contributed by atoms with van der Waals surface area (Å²) < 4.78 is 25.9. The van der Waals surface area contributed by atoms with Crippen LogP contribution in [0.1, 0.15) is 12.0 Å². The van der Waals surface area contributed by atoms with Crippen LogP contribution in [0.15, 0.2) is 24.3 Å². The maximum Gasteiger partial charge on any atom is 0.269 e. The average molecular weight is 259 g/mol. The molecule has 0 atom stereocenters. The molecule has 0 aliphatic rings. The van der Waals surface area contributed by atoms with Gasteiger partial charge in [0.15, 0.2) is 0 Å². The summed E-state index contributed by atoms with van der Waals surface area (Å²) in [5.41, 5.74) is 0.953. The van der Waals surface area contributed by atoms with Crippen molar-refractivity contribution in [3.63, 3.8) is 0 Å². The maximum absolute atomic E-state index is 10.7. The molecule has 0 amide bonds. The zero-order valence-corrected chi connectivity index (χ0v) is 10.1. The van der Waals surface area contributed by atoms with Crippen LogP contribution in [0.4, 0.5) is 5.69 Å². The average Bonchev–Trinajstić information content (AvgIpc) is 2.24. The predicted octanol–water partition coefficient (Wildman–Crippen LogP) is 1.50. The third-order valence-corrected chi connectivity index (χ3v) is 2.65. The van der Waals surface area contributed by atoms with Gasteiger partial charge in [-0.05, 0) is 18.4 Å². The number of hydrogen-bond donors (Lipinski definition) is 0. The van der Waals surface area contributed by atoms with E-state index in [1.807, 2.05) is 0 Å². The molecule has 17 heavy (non-hydrogen) atoms. The SMILES string of the molecule is CS(=O)(=O)OCCCc1ccc([N+](=O)[O-])cc1. The number of non-ortho nitro benzene ring substituents is 1. The number of aryl methyl sites for hydroxylation is 1. The van der Waals surface area contributed by atoms with Gasteiger partial charge in [-0.25, -0.2) is 0 Å². The zero-order valence-electron chi connectivity index (χ0n) is 9.33. The van der Waals surface area contributed by atoms with Gasteiger partial charge in [0.25, 0.3) is 15.8 Å². The van der Waals surface area contributed by atoms with E-state index in [1.165, 1.54) is 12.1 Å². The summed E-state index contributed by atoms with van der Waals surface area (Å²) in [4.78, 5) is 9.94. The fourth-order valence-electron chi connectivity index (χ4n) is 1.27. The van der Waals surface area contributed by atoms with Gasteiger partial charge in [-0.3, -0.25) is 14.3 Å². The highest BCUT2D eigenvalue weighted by atomic mass is 32.2. The second-order valence-corrected chi connectivity index (χ2v) is 5.20. The molecule has 0 radical (unpaired) electrons. The van der Waals surface area contributed by atoms with Crippen molar-refractivity contribution in [2.24, 2.45) is 0 Å². The van der Waals surface area contributed by atoms with E-state index in [-0.39, 0.29) is 12.3 Å². The maximum atomic E-state index is 10.7. The van der Waals surface area contributed by atoms with Gasteiger partial charge in [0.2, 0.25) is 0 Å². The third-order valence-electron chi connectivity index (χ3n) is 2.05. The molecule has 0 bridgehead atoms. The molecule has 1 rings (SSSR count). The van der Waals surface area contributed by atoms with E-state index >= 15 is 0 Å². The van der Waals surface area contributed by atoms with E-state index in [0.29, 0.717) is 12.8 Å². The molecule has 0 heterocycles. The Morgan fingerprint density at radius 3 is 2.35 bits per heavy atom. The van der Waals surface area contributed by atoms with Crippen LogP contribution in [-0.4, -0.2) is 26.2 Å². The van der Waals surface area contributed by atoms with Crippen molar-refractivity contribution < 1.29 is 17.5 Å². The van der Waals surface area contributed by atoms with Crippen LogP contribution < -0.4 is 0 Å². The Kier molecular flexibility index (Phi) is 4.59. The molecule has 0 N–H and O–H groups in total. The van der Waals surface area contributed by atoms with E-state index in [0.717, 1.165) is 11.8 Å². The van der Waals surface area contributed by atoms with E-state index < -0.39 is 15.0 Å². The molecule has 0 unspecified atom stereocenters. The minimum absolute atomic E-state index is 0.0427. The zero-order chi connectivity index (χ0) is 12.9. The second-order valence-electron chi connectivity index (χ2n) is 3.55. The standard InChI is InChI=1S/C10H13NO5S/c1-17(14,15)16-8-2-3-9-4-6-10(7-5-9)11(12)13/h4-7H,2-3,8H2,1H3. The van der Waals surface area contributed by atoms with Crippen molar-refractivity contribution in [1.82, 2.24) is 0 Å². The largest absolute Gasteiger partial charge is 0.270 e. The first-order valence-electron chi connectivity index (χ1n) is 4.96. The summed E-state index contributed by atoms with van der Waals surface area (Å²) in [5.74, 6) is 0. The van der Waals surface area contributed by atoms with Gasteiger partial charge in [0.1, 0.15) is 0 Å². The minimum atomic E-state index is -3.39.